The smallest absolute Gasteiger partial charge is 0.305 e. The standard InChI is InChI=1S/C16H14F2N2O3/c1-9-4-2-3-5-10(9)12(8-14(21)22)19-16(23)15-11(17)6-7-13(18)20-15/h2-7,12H,8H2,1H3,(H,19,23)(H,21,22)/t12-/m0/s1. The molecule has 0 aliphatic carbocycles. The van der Waals surface area contributed by atoms with Gasteiger partial charge in [-0.2, -0.15) is 4.39 Å². The maximum Gasteiger partial charge on any atom is 0.305 e. The predicted molar refractivity (Wildman–Crippen MR) is 77.8 cm³/mol. The van der Waals surface area contributed by atoms with Gasteiger partial charge in [0.15, 0.2) is 11.5 Å². The van der Waals surface area contributed by atoms with Crippen LogP contribution in [0.15, 0.2) is 36.4 Å². The molecule has 0 radical (unpaired) electrons. The summed E-state index contributed by atoms with van der Waals surface area (Å²) in [4.78, 5) is 26.4. The molecular weight excluding hydrogens is 306 g/mol. The second-order valence-corrected chi connectivity index (χ2v) is 4.94. The van der Waals surface area contributed by atoms with Crippen LogP contribution in [0.25, 0.3) is 0 Å². The highest BCUT2D eigenvalue weighted by atomic mass is 19.1. The Morgan fingerprint density at radius 3 is 2.57 bits per heavy atom. The van der Waals surface area contributed by atoms with Crippen molar-refractivity contribution < 1.29 is 23.5 Å². The van der Waals surface area contributed by atoms with Gasteiger partial charge in [0.05, 0.1) is 12.5 Å². The van der Waals surface area contributed by atoms with Gasteiger partial charge in [0, 0.05) is 0 Å². The molecule has 0 saturated carbocycles. The lowest BCUT2D eigenvalue weighted by molar-refractivity contribution is -0.137. The summed E-state index contributed by atoms with van der Waals surface area (Å²) in [5.74, 6) is -4.09. The molecule has 23 heavy (non-hydrogen) atoms. The molecule has 1 aromatic carbocycles. The minimum Gasteiger partial charge on any atom is -0.481 e. The number of carboxylic acid groups (broad SMARTS) is 1. The summed E-state index contributed by atoms with van der Waals surface area (Å²) in [5, 5.41) is 11.4. The first kappa shape index (κ1) is 16.5. The summed E-state index contributed by atoms with van der Waals surface area (Å²) in [7, 11) is 0. The van der Waals surface area contributed by atoms with Gasteiger partial charge < -0.3 is 10.4 Å². The third-order valence-electron chi connectivity index (χ3n) is 3.28. The Hall–Kier alpha value is -2.83. The molecule has 5 nitrogen and oxygen atoms in total. The van der Waals surface area contributed by atoms with Gasteiger partial charge in [-0.1, -0.05) is 24.3 Å². The highest BCUT2D eigenvalue weighted by Crippen LogP contribution is 2.21. The fraction of sp³-hybridized carbons (Fsp3) is 0.188. The van der Waals surface area contributed by atoms with Crippen molar-refractivity contribution in [2.75, 3.05) is 0 Å². The van der Waals surface area contributed by atoms with Crippen molar-refractivity contribution in [3.63, 3.8) is 0 Å². The van der Waals surface area contributed by atoms with E-state index in [1.165, 1.54) is 0 Å². The molecule has 1 aromatic heterocycles. The molecule has 0 bridgehead atoms. The van der Waals surface area contributed by atoms with Crippen molar-refractivity contribution >= 4 is 11.9 Å². The van der Waals surface area contributed by atoms with Crippen LogP contribution in [0.1, 0.15) is 34.1 Å². The lowest BCUT2D eigenvalue weighted by atomic mass is 9.98. The van der Waals surface area contributed by atoms with Crippen LogP contribution in [-0.4, -0.2) is 22.0 Å². The first-order valence-corrected chi connectivity index (χ1v) is 6.78. The molecule has 2 rings (SSSR count). The molecule has 2 N–H and O–H groups in total. The number of aromatic nitrogens is 1. The van der Waals surface area contributed by atoms with Crippen LogP contribution in [-0.2, 0) is 4.79 Å². The van der Waals surface area contributed by atoms with Crippen molar-refractivity contribution in [2.24, 2.45) is 0 Å². The molecule has 1 atom stereocenters. The highest BCUT2D eigenvalue weighted by molar-refractivity contribution is 5.93. The van der Waals surface area contributed by atoms with Gasteiger partial charge in [-0.15, -0.1) is 0 Å². The Balaban J connectivity index is 2.31. The van der Waals surface area contributed by atoms with E-state index in [1.54, 1.807) is 31.2 Å². The monoisotopic (exact) mass is 320 g/mol. The number of carbonyl (C=O) groups is 2. The molecule has 0 saturated heterocycles. The quantitative estimate of drug-likeness (QED) is 0.830. The maximum atomic E-state index is 13.6. The van der Waals surface area contributed by atoms with Crippen molar-refractivity contribution in [1.29, 1.82) is 0 Å². The van der Waals surface area contributed by atoms with Gasteiger partial charge in [0.25, 0.3) is 5.91 Å². The van der Waals surface area contributed by atoms with E-state index >= 15 is 0 Å². The summed E-state index contributed by atoms with van der Waals surface area (Å²) in [6.45, 7) is 1.76. The number of aryl methyl sites for hydroxylation is 1. The fourth-order valence-corrected chi connectivity index (χ4v) is 2.20. The number of pyridine rings is 1. The summed E-state index contributed by atoms with van der Waals surface area (Å²) in [6, 6.07) is 7.59. The van der Waals surface area contributed by atoms with E-state index in [2.05, 4.69) is 10.3 Å². The van der Waals surface area contributed by atoms with E-state index in [0.717, 1.165) is 17.7 Å². The largest absolute Gasteiger partial charge is 0.481 e. The zero-order valence-electron chi connectivity index (χ0n) is 12.2. The minimum absolute atomic E-state index is 0.395. The Morgan fingerprint density at radius 2 is 1.91 bits per heavy atom. The molecule has 0 fully saturated rings. The van der Waals surface area contributed by atoms with Crippen LogP contribution in [0.5, 0.6) is 0 Å². The maximum absolute atomic E-state index is 13.6. The molecule has 0 unspecified atom stereocenters. The van der Waals surface area contributed by atoms with Crippen LogP contribution < -0.4 is 5.32 Å². The Bertz CT molecular complexity index is 750. The van der Waals surface area contributed by atoms with Gasteiger partial charge in [-0.3, -0.25) is 9.59 Å². The zero-order chi connectivity index (χ0) is 17.0. The van der Waals surface area contributed by atoms with Gasteiger partial charge in [-0.25, -0.2) is 9.37 Å². The first-order chi connectivity index (χ1) is 10.9. The van der Waals surface area contributed by atoms with Gasteiger partial charge in [0.2, 0.25) is 5.95 Å². The van der Waals surface area contributed by atoms with Gasteiger partial charge in [-0.05, 0) is 30.2 Å². The number of hydrogen-bond donors (Lipinski definition) is 2. The van der Waals surface area contributed by atoms with Crippen molar-refractivity contribution in [3.8, 4) is 0 Å². The van der Waals surface area contributed by atoms with Gasteiger partial charge >= 0.3 is 5.97 Å². The number of amides is 1. The van der Waals surface area contributed by atoms with E-state index in [9.17, 15) is 18.4 Å². The molecule has 7 heteroatoms. The SMILES string of the molecule is Cc1ccccc1[C@H](CC(=O)O)NC(=O)c1nc(F)ccc1F. The lowest BCUT2D eigenvalue weighted by Crippen LogP contribution is -2.32. The van der Waals surface area contributed by atoms with E-state index in [4.69, 9.17) is 5.11 Å². The number of carboxylic acids is 1. The van der Waals surface area contributed by atoms with Crippen LogP contribution in [0.3, 0.4) is 0 Å². The molecular formula is C16H14F2N2O3. The number of benzene rings is 1. The fourth-order valence-electron chi connectivity index (χ4n) is 2.20. The number of rotatable bonds is 5. The normalized spacial score (nSPS) is 11.8. The number of halogens is 2. The molecule has 0 aliphatic heterocycles. The van der Waals surface area contributed by atoms with E-state index in [1.807, 2.05) is 0 Å². The third-order valence-corrected chi connectivity index (χ3v) is 3.28. The molecule has 2 aromatic rings. The summed E-state index contributed by atoms with van der Waals surface area (Å²) >= 11 is 0. The molecule has 120 valence electrons. The van der Waals surface area contributed by atoms with Crippen molar-refractivity contribution in [2.45, 2.75) is 19.4 Å². The van der Waals surface area contributed by atoms with Crippen LogP contribution in [0.2, 0.25) is 0 Å². The summed E-state index contributed by atoms with van der Waals surface area (Å²) in [6.07, 6.45) is -0.395. The average molecular weight is 320 g/mol. The van der Waals surface area contributed by atoms with E-state index in [0.29, 0.717) is 5.56 Å². The predicted octanol–water partition coefficient (Wildman–Crippen LogP) is 2.61. The molecule has 0 spiro atoms. The Kier molecular flexibility index (Phi) is 5.00. The lowest BCUT2D eigenvalue weighted by Gasteiger charge is -2.19. The second-order valence-electron chi connectivity index (χ2n) is 4.94. The van der Waals surface area contributed by atoms with E-state index in [-0.39, 0.29) is 0 Å². The number of carbonyl (C=O) groups excluding carboxylic acids is 1. The van der Waals surface area contributed by atoms with Crippen molar-refractivity contribution in [3.05, 3.63) is 65.0 Å². The third kappa shape index (κ3) is 4.09. The first-order valence-electron chi connectivity index (χ1n) is 6.78. The van der Waals surface area contributed by atoms with E-state index < -0.39 is 41.8 Å². The summed E-state index contributed by atoms with van der Waals surface area (Å²) in [5.41, 5.74) is 0.640. The molecule has 1 heterocycles. The minimum atomic E-state index is -1.13. The Morgan fingerprint density at radius 1 is 1.22 bits per heavy atom. The van der Waals surface area contributed by atoms with Crippen molar-refractivity contribution in [1.82, 2.24) is 10.3 Å². The molecule has 1 amide bonds. The average Bonchev–Trinajstić information content (AvgIpc) is 2.49. The number of hydrogen-bond acceptors (Lipinski definition) is 3. The zero-order valence-corrected chi connectivity index (χ0v) is 12.2. The van der Waals surface area contributed by atoms with Gasteiger partial charge in [0.1, 0.15) is 0 Å². The Labute approximate surface area is 131 Å². The van der Waals surface area contributed by atoms with Crippen LogP contribution in [0.4, 0.5) is 8.78 Å². The second kappa shape index (κ2) is 6.95. The number of aliphatic carboxylic acids is 1. The van der Waals surface area contributed by atoms with Crippen LogP contribution in [0, 0.1) is 18.7 Å². The number of nitrogens with one attached hydrogen (secondary N) is 1. The molecule has 0 aliphatic rings. The highest BCUT2D eigenvalue weighted by Gasteiger charge is 2.23. The summed E-state index contributed by atoms with van der Waals surface area (Å²) < 4.78 is 26.7. The van der Waals surface area contributed by atoms with Crippen LogP contribution >= 0.6 is 0 Å². The number of nitrogens with zero attached hydrogens (tertiary/aromatic N) is 1. The topological polar surface area (TPSA) is 79.3 Å².